The van der Waals surface area contributed by atoms with Crippen molar-refractivity contribution in [1.29, 1.82) is 0 Å². The van der Waals surface area contributed by atoms with Crippen molar-refractivity contribution in [1.82, 2.24) is 5.43 Å². The van der Waals surface area contributed by atoms with Gasteiger partial charge in [-0.3, -0.25) is 4.79 Å². The summed E-state index contributed by atoms with van der Waals surface area (Å²) < 4.78 is 49.3. The van der Waals surface area contributed by atoms with E-state index in [-0.39, 0.29) is 11.7 Å². The molecule has 1 amide bonds. The molecule has 0 fully saturated rings. The van der Waals surface area contributed by atoms with Crippen LogP contribution < -0.4 is 14.9 Å². The fourth-order valence-electron chi connectivity index (χ4n) is 2.28. The van der Waals surface area contributed by atoms with Crippen molar-refractivity contribution in [2.45, 2.75) is 32.5 Å². The van der Waals surface area contributed by atoms with Crippen LogP contribution in [0.2, 0.25) is 5.02 Å². The molecule has 2 aromatic rings. The van der Waals surface area contributed by atoms with Crippen LogP contribution in [0.15, 0.2) is 41.5 Å². The second-order valence-electron chi connectivity index (χ2n) is 6.15. The molecule has 0 saturated heterocycles. The molecule has 0 radical (unpaired) electrons. The standard InChI is InChI=1S/C20H20ClF3N2O3/c1-4-12(2)29-18-16(21)8-13(9-17(18)28-3)11-25-26-19(27)14-6-5-7-15(10-14)20(22,23)24/h5-12H,4H2,1-3H3,(H,26,27)/b25-11-/t12-/m0/s1. The molecular weight excluding hydrogens is 409 g/mol. The van der Waals surface area contributed by atoms with E-state index in [0.29, 0.717) is 22.1 Å². The third-order valence-corrected chi connectivity index (χ3v) is 4.26. The maximum Gasteiger partial charge on any atom is 0.416 e. The number of amides is 1. The van der Waals surface area contributed by atoms with Crippen molar-refractivity contribution < 1.29 is 27.4 Å². The highest BCUT2D eigenvalue weighted by molar-refractivity contribution is 6.32. The molecule has 0 aromatic heterocycles. The fourth-order valence-corrected chi connectivity index (χ4v) is 2.54. The number of halogens is 4. The van der Waals surface area contributed by atoms with Gasteiger partial charge in [0.1, 0.15) is 0 Å². The molecule has 1 atom stereocenters. The highest BCUT2D eigenvalue weighted by Crippen LogP contribution is 2.37. The third-order valence-electron chi connectivity index (χ3n) is 3.98. The van der Waals surface area contributed by atoms with E-state index in [4.69, 9.17) is 21.1 Å². The van der Waals surface area contributed by atoms with E-state index in [1.54, 1.807) is 12.1 Å². The fraction of sp³-hybridized carbons (Fsp3) is 0.300. The lowest BCUT2D eigenvalue weighted by molar-refractivity contribution is -0.137. The number of rotatable bonds is 7. The van der Waals surface area contributed by atoms with E-state index in [1.807, 2.05) is 13.8 Å². The monoisotopic (exact) mass is 428 g/mol. The molecule has 5 nitrogen and oxygen atoms in total. The summed E-state index contributed by atoms with van der Waals surface area (Å²) in [5.74, 6) is 0.0132. The van der Waals surface area contributed by atoms with Gasteiger partial charge in [0.15, 0.2) is 11.5 Å². The average Bonchev–Trinajstić information content (AvgIpc) is 2.68. The molecule has 2 rings (SSSR count). The van der Waals surface area contributed by atoms with Gasteiger partial charge in [0.05, 0.1) is 30.0 Å². The van der Waals surface area contributed by atoms with Crippen LogP contribution in [-0.2, 0) is 6.18 Å². The Balaban J connectivity index is 2.14. The highest BCUT2D eigenvalue weighted by atomic mass is 35.5. The number of methoxy groups -OCH3 is 1. The first kappa shape index (κ1) is 22.5. The van der Waals surface area contributed by atoms with Gasteiger partial charge in [-0.05, 0) is 49.2 Å². The first-order valence-corrected chi connectivity index (χ1v) is 9.08. The van der Waals surface area contributed by atoms with Gasteiger partial charge in [-0.25, -0.2) is 5.43 Å². The Morgan fingerprint density at radius 3 is 2.66 bits per heavy atom. The minimum atomic E-state index is -4.54. The summed E-state index contributed by atoms with van der Waals surface area (Å²) in [6, 6.07) is 7.25. The van der Waals surface area contributed by atoms with Gasteiger partial charge in [-0.1, -0.05) is 24.6 Å². The number of hydrogen-bond donors (Lipinski definition) is 1. The number of alkyl halides is 3. The summed E-state index contributed by atoms with van der Waals surface area (Å²) in [7, 11) is 1.46. The molecule has 0 aliphatic carbocycles. The van der Waals surface area contributed by atoms with Crippen LogP contribution in [0.3, 0.4) is 0 Å². The van der Waals surface area contributed by atoms with Crippen molar-refractivity contribution >= 4 is 23.7 Å². The normalized spacial score (nSPS) is 12.7. The first-order valence-electron chi connectivity index (χ1n) is 8.70. The molecule has 0 bridgehead atoms. The van der Waals surface area contributed by atoms with Crippen LogP contribution >= 0.6 is 11.6 Å². The largest absolute Gasteiger partial charge is 0.493 e. The number of carbonyl (C=O) groups is 1. The Morgan fingerprint density at radius 1 is 1.31 bits per heavy atom. The SMILES string of the molecule is CC[C@H](C)Oc1c(Cl)cc(/C=N\NC(=O)c2cccc(C(F)(F)F)c2)cc1OC. The summed E-state index contributed by atoms with van der Waals surface area (Å²) in [4.78, 5) is 12.0. The van der Waals surface area contributed by atoms with Crippen molar-refractivity contribution in [3.05, 3.63) is 58.1 Å². The Labute approximate surface area is 171 Å². The van der Waals surface area contributed by atoms with Crippen LogP contribution in [0, 0.1) is 0 Å². The summed E-state index contributed by atoms with van der Waals surface area (Å²) >= 11 is 6.25. The summed E-state index contributed by atoms with van der Waals surface area (Å²) in [6.07, 6.45) is -2.52. The molecule has 29 heavy (non-hydrogen) atoms. The topological polar surface area (TPSA) is 59.9 Å². The summed E-state index contributed by atoms with van der Waals surface area (Å²) in [5, 5.41) is 4.07. The van der Waals surface area contributed by atoms with E-state index < -0.39 is 17.6 Å². The second-order valence-corrected chi connectivity index (χ2v) is 6.56. The van der Waals surface area contributed by atoms with Gasteiger partial charge in [-0.2, -0.15) is 18.3 Å². The number of carbonyl (C=O) groups excluding carboxylic acids is 1. The highest BCUT2D eigenvalue weighted by Gasteiger charge is 2.30. The quantitative estimate of drug-likeness (QED) is 0.480. The van der Waals surface area contributed by atoms with Gasteiger partial charge in [0.25, 0.3) is 5.91 Å². The molecule has 0 saturated carbocycles. The lowest BCUT2D eigenvalue weighted by atomic mass is 10.1. The Bertz CT molecular complexity index is 901. The van der Waals surface area contributed by atoms with E-state index in [0.717, 1.165) is 24.6 Å². The third kappa shape index (κ3) is 6.12. The molecule has 156 valence electrons. The molecule has 9 heteroatoms. The molecule has 1 N–H and O–H groups in total. The van der Waals surface area contributed by atoms with E-state index in [2.05, 4.69) is 10.5 Å². The number of ether oxygens (including phenoxy) is 2. The van der Waals surface area contributed by atoms with Gasteiger partial charge in [0, 0.05) is 5.56 Å². The van der Waals surface area contributed by atoms with E-state index >= 15 is 0 Å². The summed E-state index contributed by atoms with van der Waals surface area (Å²) in [6.45, 7) is 3.87. The molecule has 0 unspecified atom stereocenters. The Kier molecular flexibility index (Phi) is 7.50. The molecule has 0 spiro atoms. The van der Waals surface area contributed by atoms with Crippen molar-refractivity contribution in [2.24, 2.45) is 5.10 Å². The first-order chi connectivity index (χ1) is 13.7. The van der Waals surface area contributed by atoms with Crippen LogP contribution in [0.1, 0.15) is 41.8 Å². The minimum absolute atomic E-state index is 0.0623. The molecule has 0 aliphatic heterocycles. The summed E-state index contributed by atoms with van der Waals surface area (Å²) in [5.41, 5.74) is 1.62. The predicted molar refractivity (Wildman–Crippen MR) is 105 cm³/mol. The zero-order valence-electron chi connectivity index (χ0n) is 16.0. The molecule has 0 aliphatic rings. The maximum absolute atomic E-state index is 12.8. The molecular formula is C20H20ClF3N2O3. The second kappa shape index (κ2) is 9.65. The lowest BCUT2D eigenvalue weighted by Crippen LogP contribution is -2.18. The predicted octanol–water partition coefficient (Wildman–Crippen LogP) is 5.31. The Hall–Kier alpha value is -2.74. The van der Waals surface area contributed by atoms with Crippen LogP contribution in [-0.4, -0.2) is 25.3 Å². The number of nitrogens with zero attached hydrogens (tertiary/aromatic N) is 1. The van der Waals surface area contributed by atoms with Crippen molar-refractivity contribution in [3.63, 3.8) is 0 Å². The van der Waals surface area contributed by atoms with Gasteiger partial charge in [0.2, 0.25) is 0 Å². The zero-order valence-corrected chi connectivity index (χ0v) is 16.8. The van der Waals surface area contributed by atoms with Crippen molar-refractivity contribution in [2.75, 3.05) is 7.11 Å². The van der Waals surface area contributed by atoms with Crippen molar-refractivity contribution in [3.8, 4) is 11.5 Å². The number of benzene rings is 2. The number of hydrogen-bond acceptors (Lipinski definition) is 4. The Morgan fingerprint density at radius 2 is 2.03 bits per heavy atom. The van der Waals surface area contributed by atoms with Gasteiger partial charge in [-0.15, -0.1) is 0 Å². The smallest absolute Gasteiger partial charge is 0.416 e. The van der Waals surface area contributed by atoms with Crippen LogP contribution in [0.4, 0.5) is 13.2 Å². The van der Waals surface area contributed by atoms with Gasteiger partial charge >= 0.3 is 6.18 Å². The number of nitrogens with one attached hydrogen (secondary N) is 1. The molecule has 0 heterocycles. The van der Waals surface area contributed by atoms with E-state index in [1.165, 1.54) is 19.4 Å². The van der Waals surface area contributed by atoms with Gasteiger partial charge < -0.3 is 9.47 Å². The average molecular weight is 429 g/mol. The number of hydrazone groups is 1. The minimum Gasteiger partial charge on any atom is -0.493 e. The van der Waals surface area contributed by atoms with Crippen LogP contribution in [0.5, 0.6) is 11.5 Å². The van der Waals surface area contributed by atoms with E-state index in [9.17, 15) is 18.0 Å². The zero-order chi connectivity index (χ0) is 21.6. The van der Waals surface area contributed by atoms with Crippen LogP contribution in [0.25, 0.3) is 0 Å². The molecule has 2 aromatic carbocycles. The lowest BCUT2D eigenvalue weighted by Gasteiger charge is -2.17. The maximum atomic E-state index is 12.8.